The van der Waals surface area contributed by atoms with Crippen LogP contribution in [-0.4, -0.2) is 17.0 Å². The Bertz CT molecular complexity index is 638. The van der Waals surface area contributed by atoms with E-state index < -0.39 is 17.6 Å². The number of rotatable bonds is 2. The summed E-state index contributed by atoms with van der Waals surface area (Å²) in [5.41, 5.74) is -1.05. The molecular weight excluding hydrogens is 274 g/mol. The van der Waals surface area contributed by atoms with Gasteiger partial charge in [-0.15, -0.1) is 0 Å². The van der Waals surface area contributed by atoms with Gasteiger partial charge in [-0.25, -0.2) is 14.4 Å². The molecule has 2 aromatic rings. The fourth-order valence-electron chi connectivity index (χ4n) is 1.77. The molecule has 2 rings (SSSR count). The summed E-state index contributed by atoms with van der Waals surface area (Å²) in [6.07, 6.45) is -4.53. The third-order valence-electron chi connectivity index (χ3n) is 2.73. The maximum atomic E-state index is 13.6. The van der Waals surface area contributed by atoms with Crippen molar-refractivity contribution in [1.82, 2.24) is 9.97 Å². The first-order valence-corrected chi connectivity index (χ1v) is 5.73. The van der Waals surface area contributed by atoms with E-state index in [0.717, 1.165) is 6.07 Å². The van der Waals surface area contributed by atoms with E-state index in [1.165, 1.54) is 32.2 Å². The number of hydrogen-bond donors (Lipinski definition) is 1. The summed E-state index contributed by atoms with van der Waals surface area (Å²) in [7, 11) is 1.43. The Kier molecular flexibility index (Phi) is 3.61. The zero-order valence-corrected chi connectivity index (χ0v) is 10.7. The Labute approximate surface area is 112 Å². The van der Waals surface area contributed by atoms with Crippen molar-refractivity contribution in [3.8, 4) is 11.4 Å². The number of aromatic nitrogens is 2. The van der Waals surface area contributed by atoms with Crippen LogP contribution in [0.2, 0.25) is 0 Å². The van der Waals surface area contributed by atoms with Crippen LogP contribution in [0, 0.1) is 12.7 Å². The van der Waals surface area contributed by atoms with Crippen molar-refractivity contribution < 1.29 is 17.6 Å². The van der Waals surface area contributed by atoms with Gasteiger partial charge in [0.25, 0.3) is 0 Å². The number of alkyl halides is 3. The number of nitrogens with one attached hydrogen (secondary N) is 1. The highest BCUT2D eigenvalue weighted by Gasteiger charge is 2.34. The maximum absolute atomic E-state index is 13.6. The molecule has 0 aliphatic heterocycles. The average molecular weight is 285 g/mol. The minimum absolute atomic E-state index is 0.0173. The highest BCUT2D eigenvalue weighted by atomic mass is 19.4. The van der Waals surface area contributed by atoms with Crippen LogP contribution >= 0.6 is 0 Å². The van der Waals surface area contributed by atoms with E-state index in [1.54, 1.807) is 0 Å². The average Bonchev–Trinajstić information content (AvgIpc) is 2.40. The number of anilines is 1. The van der Waals surface area contributed by atoms with Gasteiger partial charge in [0.15, 0.2) is 17.5 Å². The lowest BCUT2D eigenvalue weighted by atomic mass is 10.1. The molecule has 0 radical (unpaired) electrons. The second-order valence-corrected chi connectivity index (χ2v) is 4.09. The molecule has 1 aromatic heterocycles. The minimum atomic E-state index is -4.53. The SMILES string of the molecule is CNc1nc(-c2ccccc2C(F)(F)F)nc(C)c1F. The lowest BCUT2D eigenvalue weighted by molar-refractivity contribution is -0.137. The quantitative estimate of drug-likeness (QED) is 0.856. The van der Waals surface area contributed by atoms with Crippen LogP contribution in [0.3, 0.4) is 0 Å². The number of hydrogen-bond acceptors (Lipinski definition) is 3. The fourth-order valence-corrected chi connectivity index (χ4v) is 1.77. The molecule has 0 atom stereocenters. The van der Waals surface area contributed by atoms with E-state index in [1.807, 2.05) is 0 Å². The molecule has 0 saturated carbocycles. The Hall–Kier alpha value is -2.18. The van der Waals surface area contributed by atoms with E-state index in [2.05, 4.69) is 15.3 Å². The van der Waals surface area contributed by atoms with Gasteiger partial charge in [-0.1, -0.05) is 18.2 Å². The monoisotopic (exact) mass is 285 g/mol. The Morgan fingerprint density at radius 3 is 2.35 bits per heavy atom. The normalized spacial score (nSPS) is 11.5. The maximum Gasteiger partial charge on any atom is 0.417 e. The van der Waals surface area contributed by atoms with E-state index in [9.17, 15) is 17.6 Å². The van der Waals surface area contributed by atoms with E-state index in [4.69, 9.17) is 0 Å². The minimum Gasteiger partial charge on any atom is -0.371 e. The summed E-state index contributed by atoms with van der Waals surface area (Å²) in [4.78, 5) is 7.60. The second kappa shape index (κ2) is 5.07. The van der Waals surface area contributed by atoms with E-state index in [0.29, 0.717) is 0 Å². The third kappa shape index (κ3) is 2.56. The van der Waals surface area contributed by atoms with Crippen molar-refractivity contribution in [2.24, 2.45) is 0 Å². The summed E-state index contributed by atoms with van der Waals surface area (Å²) in [6.45, 7) is 1.37. The van der Waals surface area contributed by atoms with Gasteiger partial charge >= 0.3 is 6.18 Å². The van der Waals surface area contributed by atoms with Gasteiger partial charge < -0.3 is 5.32 Å². The molecule has 106 valence electrons. The first-order chi connectivity index (χ1) is 9.34. The molecule has 0 bridgehead atoms. The molecule has 0 spiro atoms. The van der Waals surface area contributed by atoms with Gasteiger partial charge in [0.05, 0.1) is 11.3 Å². The van der Waals surface area contributed by atoms with Crippen LogP contribution in [0.25, 0.3) is 11.4 Å². The van der Waals surface area contributed by atoms with Crippen LogP contribution < -0.4 is 5.32 Å². The highest BCUT2D eigenvalue weighted by molar-refractivity contribution is 5.63. The summed E-state index contributed by atoms with van der Waals surface area (Å²) in [5, 5.41) is 2.50. The smallest absolute Gasteiger partial charge is 0.371 e. The molecule has 0 unspecified atom stereocenters. The van der Waals surface area contributed by atoms with Crippen molar-refractivity contribution in [2.45, 2.75) is 13.1 Å². The topological polar surface area (TPSA) is 37.8 Å². The molecule has 0 amide bonds. The Morgan fingerprint density at radius 2 is 1.75 bits per heavy atom. The molecule has 1 aromatic carbocycles. The highest BCUT2D eigenvalue weighted by Crippen LogP contribution is 2.36. The number of benzene rings is 1. The van der Waals surface area contributed by atoms with Crippen molar-refractivity contribution in [3.63, 3.8) is 0 Å². The largest absolute Gasteiger partial charge is 0.417 e. The zero-order valence-electron chi connectivity index (χ0n) is 10.7. The van der Waals surface area contributed by atoms with Crippen molar-refractivity contribution in [3.05, 3.63) is 41.3 Å². The summed E-state index contributed by atoms with van der Waals surface area (Å²) in [5.74, 6) is -0.980. The second-order valence-electron chi connectivity index (χ2n) is 4.09. The van der Waals surface area contributed by atoms with Gasteiger partial charge in [0, 0.05) is 12.6 Å². The number of halogens is 4. The first-order valence-electron chi connectivity index (χ1n) is 5.73. The molecule has 1 N–H and O–H groups in total. The van der Waals surface area contributed by atoms with E-state index in [-0.39, 0.29) is 22.9 Å². The van der Waals surface area contributed by atoms with Gasteiger partial charge in [-0.3, -0.25) is 0 Å². The first kappa shape index (κ1) is 14.2. The fraction of sp³-hybridized carbons (Fsp3) is 0.231. The molecule has 7 heteroatoms. The molecule has 3 nitrogen and oxygen atoms in total. The zero-order chi connectivity index (χ0) is 14.9. The van der Waals surface area contributed by atoms with Crippen LogP contribution in [0.15, 0.2) is 24.3 Å². The lowest BCUT2D eigenvalue weighted by Crippen LogP contribution is -2.10. The van der Waals surface area contributed by atoms with Gasteiger partial charge in [0.2, 0.25) is 0 Å². The molecular formula is C13H11F4N3. The van der Waals surface area contributed by atoms with Crippen molar-refractivity contribution >= 4 is 5.82 Å². The van der Waals surface area contributed by atoms with Crippen LogP contribution in [0.5, 0.6) is 0 Å². The molecule has 0 aliphatic carbocycles. The molecule has 20 heavy (non-hydrogen) atoms. The van der Waals surface area contributed by atoms with Gasteiger partial charge in [-0.2, -0.15) is 13.2 Å². The Morgan fingerprint density at radius 1 is 1.10 bits per heavy atom. The van der Waals surface area contributed by atoms with Crippen LogP contribution in [0.1, 0.15) is 11.3 Å². The standard InChI is InChI=1S/C13H11F4N3/c1-7-10(14)12(18-2)20-11(19-7)8-5-3-4-6-9(8)13(15,16)17/h3-6H,1-2H3,(H,18,19,20). The van der Waals surface area contributed by atoms with Gasteiger partial charge in [0.1, 0.15) is 0 Å². The summed E-state index contributed by atoms with van der Waals surface area (Å²) >= 11 is 0. The number of nitrogens with zero attached hydrogens (tertiary/aromatic N) is 2. The number of aryl methyl sites for hydroxylation is 1. The molecule has 1 heterocycles. The molecule has 0 aliphatic rings. The molecule has 0 fully saturated rings. The predicted octanol–water partition coefficient (Wildman–Crippen LogP) is 3.65. The van der Waals surface area contributed by atoms with Crippen LogP contribution in [-0.2, 0) is 6.18 Å². The van der Waals surface area contributed by atoms with E-state index >= 15 is 0 Å². The molecule has 0 saturated heterocycles. The van der Waals surface area contributed by atoms with Gasteiger partial charge in [-0.05, 0) is 13.0 Å². The summed E-state index contributed by atoms with van der Waals surface area (Å²) in [6, 6.07) is 4.93. The third-order valence-corrected chi connectivity index (χ3v) is 2.73. The summed E-state index contributed by atoms with van der Waals surface area (Å²) < 4.78 is 52.5. The van der Waals surface area contributed by atoms with Crippen LogP contribution in [0.4, 0.5) is 23.4 Å². The lowest BCUT2D eigenvalue weighted by Gasteiger charge is -2.13. The van der Waals surface area contributed by atoms with Crippen molar-refractivity contribution in [2.75, 3.05) is 12.4 Å². The Balaban J connectivity index is 2.67. The van der Waals surface area contributed by atoms with Crippen molar-refractivity contribution in [1.29, 1.82) is 0 Å². The predicted molar refractivity (Wildman–Crippen MR) is 66.7 cm³/mol.